The minimum absolute atomic E-state index is 0.584. The first-order chi connectivity index (χ1) is 9.67. The van der Waals surface area contributed by atoms with Crippen molar-refractivity contribution in [2.24, 2.45) is 7.05 Å². The van der Waals surface area contributed by atoms with Crippen molar-refractivity contribution in [3.63, 3.8) is 0 Å². The summed E-state index contributed by atoms with van der Waals surface area (Å²) in [7, 11) is 3.53. The molecule has 0 aliphatic carbocycles. The molecule has 0 aliphatic heterocycles. The minimum Gasteiger partial charge on any atom is -0.495 e. The van der Waals surface area contributed by atoms with Gasteiger partial charge in [-0.05, 0) is 24.6 Å². The van der Waals surface area contributed by atoms with Crippen molar-refractivity contribution in [1.29, 1.82) is 5.26 Å². The number of nitrogens with zero attached hydrogens (tertiary/aromatic N) is 3. The van der Waals surface area contributed by atoms with Crippen LogP contribution in [0.2, 0.25) is 0 Å². The average molecular weight is 270 g/mol. The highest BCUT2D eigenvalue weighted by atomic mass is 16.5. The van der Waals surface area contributed by atoms with E-state index in [4.69, 9.17) is 10.00 Å². The van der Waals surface area contributed by atoms with Gasteiger partial charge in [0.05, 0.1) is 42.4 Å². The van der Waals surface area contributed by atoms with Gasteiger partial charge in [0.25, 0.3) is 0 Å². The second-order valence-corrected chi connectivity index (χ2v) is 4.48. The Labute approximate surface area is 118 Å². The fourth-order valence-electron chi connectivity index (χ4n) is 2.00. The van der Waals surface area contributed by atoms with Gasteiger partial charge in [-0.3, -0.25) is 4.68 Å². The number of ether oxygens (including phenoxy) is 1. The first-order valence-corrected chi connectivity index (χ1v) is 6.51. The third-order valence-electron chi connectivity index (χ3n) is 3.18. The van der Waals surface area contributed by atoms with Gasteiger partial charge >= 0.3 is 0 Å². The Morgan fingerprint density at radius 1 is 1.40 bits per heavy atom. The number of aryl methyl sites for hydroxylation is 2. The molecule has 0 unspecified atom stereocenters. The molecule has 2 rings (SSSR count). The van der Waals surface area contributed by atoms with E-state index in [9.17, 15) is 0 Å². The number of hydrogen-bond donors (Lipinski definition) is 1. The van der Waals surface area contributed by atoms with E-state index >= 15 is 0 Å². The van der Waals surface area contributed by atoms with Crippen molar-refractivity contribution in [3.8, 4) is 11.8 Å². The van der Waals surface area contributed by atoms with Crippen LogP contribution in [0.15, 0.2) is 24.3 Å². The number of rotatable bonds is 5. The number of benzene rings is 1. The monoisotopic (exact) mass is 270 g/mol. The lowest BCUT2D eigenvalue weighted by Crippen LogP contribution is -2.06. The molecule has 1 N–H and O–H groups in total. The Bertz CT molecular complexity index is 640. The first kappa shape index (κ1) is 13.9. The van der Waals surface area contributed by atoms with E-state index in [0.29, 0.717) is 17.9 Å². The molecular formula is C15H18N4O. The summed E-state index contributed by atoms with van der Waals surface area (Å²) in [5, 5.41) is 16.6. The molecule has 2 aromatic rings. The molecule has 0 atom stereocenters. The molecule has 0 saturated carbocycles. The van der Waals surface area contributed by atoms with Crippen molar-refractivity contribution in [2.45, 2.75) is 19.9 Å². The Balaban J connectivity index is 2.14. The van der Waals surface area contributed by atoms with Crippen molar-refractivity contribution < 1.29 is 4.74 Å². The minimum atomic E-state index is 0.584. The molecule has 0 amide bonds. The smallest absolute Gasteiger partial charge is 0.143 e. The van der Waals surface area contributed by atoms with E-state index in [1.807, 2.05) is 17.8 Å². The van der Waals surface area contributed by atoms with Gasteiger partial charge in [-0.1, -0.05) is 6.92 Å². The van der Waals surface area contributed by atoms with Crippen LogP contribution in [0.1, 0.15) is 23.9 Å². The summed E-state index contributed by atoms with van der Waals surface area (Å²) in [6, 6.07) is 9.54. The molecule has 104 valence electrons. The lowest BCUT2D eigenvalue weighted by molar-refractivity contribution is 0.416. The van der Waals surface area contributed by atoms with Gasteiger partial charge in [0, 0.05) is 13.1 Å². The van der Waals surface area contributed by atoms with Gasteiger partial charge in [-0.15, -0.1) is 0 Å². The molecule has 0 saturated heterocycles. The van der Waals surface area contributed by atoms with Gasteiger partial charge in [-0.25, -0.2) is 0 Å². The molecule has 1 aromatic heterocycles. The maximum absolute atomic E-state index is 8.89. The predicted octanol–water partition coefficient (Wildman–Crippen LogP) is 2.47. The third kappa shape index (κ3) is 2.91. The lowest BCUT2D eigenvalue weighted by atomic mass is 10.2. The molecule has 20 heavy (non-hydrogen) atoms. The Hall–Kier alpha value is -2.48. The summed E-state index contributed by atoms with van der Waals surface area (Å²) in [4.78, 5) is 0. The quantitative estimate of drug-likeness (QED) is 0.906. The summed E-state index contributed by atoms with van der Waals surface area (Å²) in [5.74, 6) is 0.668. The Morgan fingerprint density at radius 3 is 2.80 bits per heavy atom. The van der Waals surface area contributed by atoms with Crippen LogP contribution < -0.4 is 10.1 Å². The Morgan fingerprint density at radius 2 is 2.20 bits per heavy atom. The lowest BCUT2D eigenvalue weighted by Gasteiger charge is -2.11. The summed E-state index contributed by atoms with van der Waals surface area (Å²) >= 11 is 0. The van der Waals surface area contributed by atoms with Gasteiger partial charge in [-0.2, -0.15) is 10.4 Å². The van der Waals surface area contributed by atoms with Crippen molar-refractivity contribution in [3.05, 3.63) is 41.2 Å². The standard InChI is InChI=1S/C15H18N4O/c1-4-12-8-13(19(2)18-12)10-17-14-6-5-11(9-16)7-15(14)20-3/h5-8,17H,4,10H2,1-3H3. The first-order valence-electron chi connectivity index (χ1n) is 6.51. The van der Waals surface area contributed by atoms with Gasteiger partial charge in [0.15, 0.2) is 0 Å². The van der Waals surface area contributed by atoms with Crippen LogP contribution in [0.25, 0.3) is 0 Å². The van der Waals surface area contributed by atoms with Crippen LogP contribution in [-0.4, -0.2) is 16.9 Å². The molecule has 0 radical (unpaired) electrons. The third-order valence-corrected chi connectivity index (χ3v) is 3.18. The summed E-state index contributed by atoms with van der Waals surface area (Å²) in [5.41, 5.74) is 3.64. The fourth-order valence-corrected chi connectivity index (χ4v) is 2.00. The van der Waals surface area contributed by atoms with E-state index in [2.05, 4.69) is 29.5 Å². The summed E-state index contributed by atoms with van der Waals surface area (Å²) in [6.07, 6.45) is 0.925. The maximum atomic E-state index is 8.89. The fraction of sp³-hybridized carbons (Fsp3) is 0.333. The summed E-state index contributed by atoms with van der Waals surface area (Å²) in [6.45, 7) is 2.74. The van der Waals surface area contributed by atoms with Gasteiger partial charge in [0.2, 0.25) is 0 Å². The number of nitriles is 1. The molecule has 5 nitrogen and oxygen atoms in total. The second kappa shape index (κ2) is 6.11. The topological polar surface area (TPSA) is 62.9 Å². The maximum Gasteiger partial charge on any atom is 0.143 e. The molecule has 0 spiro atoms. The zero-order valence-electron chi connectivity index (χ0n) is 12.0. The van der Waals surface area contributed by atoms with Crippen LogP contribution in [0.5, 0.6) is 5.75 Å². The Kier molecular flexibility index (Phi) is 4.26. The number of nitrogens with one attached hydrogen (secondary N) is 1. The number of methoxy groups -OCH3 is 1. The molecule has 1 heterocycles. The highest BCUT2D eigenvalue weighted by Crippen LogP contribution is 2.25. The van der Waals surface area contributed by atoms with E-state index in [0.717, 1.165) is 23.5 Å². The molecule has 5 heteroatoms. The SMILES string of the molecule is CCc1cc(CNc2ccc(C#N)cc2OC)n(C)n1. The predicted molar refractivity (Wildman–Crippen MR) is 77.6 cm³/mol. The van der Waals surface area contributed by atoms with Gasteiger partial charge < -0.3 is 10.1 Å². The number of aromatic nitrogens is 2. The molecule has 1 aromatic carbocycles. The van der Waals surface area contributed by atoms with Crippen LogP contribution in [-0.2, 0) is 20.0 Å². The highest BCUT2D eigenvalue weighted by Gasteiger charge is 2.07. The van der Waals surface area contributed by atoms with Crippen molar-refractivity contribution >= 4 is 5.69 Å². The van der Waals surface area contributed by atoms with Crippen molar-refractivity contribution in [2.75, 3.05) is 12.4 Å². The zero-order valence-corrected chi connectivity index (χ0v) is 12.0. The van der Waals surface area contributed by atoms with E-state index in [-0.39, 0.29) is 0 Å². The van der Waals surface area contributed by atoms with E-state index < -0.39 is 0 Å². The summed E-state index contributed by atoms with van der Waals surface area (Å²) < 4.78 is 7.17. The van der Waals surface area contributed by atoms with Crippen LogP contribution in [0, 0.1) is 11.3 Å². The average Bonchev–Trinajstić information content (AvgIpc) is 2.85. The normalized spacial score (nSPS) is 10.1. The highest BCUT2D eigenvalue weighted by molar-refractivity contribution is 5.59. The van der Waals surface area contributed by atoms with Crippen molar-refractivity contribution in [1.82, 2.24) is 9.78 Å². The number of hydrogen-bond acceptors (Lipinski definition) is 4. The second-order valence-electron chi connectivity index (χ2n) is 4.48. The van der Waals surface area contributed by atoms with Crippen LogP contribution in [0.3, 0.4) is 0 Å². The largest absolute Gasteiger partial charge is 0.495 e. The van der Waals surface area contributed by atoms with E-state index in [1.165, 1.54) is 0 Å². The molecular weight excluding hydrogens is 252 g/mol. The van der Waals surface area contributed by atoms with Gasteiger partial charge in [0.1, 0.15) is 5.75 Å². The molecule has 0 aliphatic rings. The number of anilines is 1. The molecule has 0 fully saturated rings. The van der Waals surface area contributed by atoms with Crippen LogP contribution in [0.4, 0.5) is 5.69 Å². The molecule has 0 bridgehead atoms. The van der Waals surface area contributed by atoms with E-state index in [1.54, 1.807) is 19.2 Å². The zero-order chi connectivity index (χ0) is 14.5. The van der Waals surface area contributed by atoms with Crippen LogP contribution >= 0.6 is 0 Å².